The molecule has 1 aliphatic heterocycles. The summed E-state index contributed by atoms with van der Waals surface area (Å²) in [5, 5.41) is 7.49. The van der Waals surface area contributed by atoms with Crippen molar-refractivity contribution in [1.82, 2.24) is 19.1 Å². The summed E-state index contributed by atoms with van der Waals surface area (Å²) in [6.45, 7) is 5.01. The lowest BCUT2D eigenvalue weighted by Crippen LogP contribution is -2.41. The van der Waals surface area contributed by atoms with E-state index in [4.69, 9.17) is 0 Å². The number of pyridine rings is 1. The monoisotopic (exact) mass is 489 g/mol. The summed E-state index contributed by atoms with van der Waals surface area (Å²) in [5.74, 6) is 1.62. The van der Waals surface area contributed by atoms with Gasteiger partial charge in [0, 0.05) is 48.8 Å². The first-order chi connectivity index (χ1) is 15.7. The Morgan fingerprint density at radius 1 is 1.21 bits per heavy atom. The molecule has 1 fully saturated rings. The molecule has 0 amide bonds. The Morgan fingerprint density at radius 3 is 2.67 bits per heavy atom. The SMILES string of the molecule is Cn1cc(C2CSCCN2S(=O)(=O)c2cccc(NCC(C)(C)c3ccc(F)cc3)n2)cn1. The van der Waals surface area contributed by atoms with E-state index in [0.717, 1.165) is 16.9 Å². The molecule has 0 spiro atoms. The van der Waals surface area contributed by atoms with E-state index in [1.807, 2.05) is 27.1 Å². The summed E-state index contributed by atoms with van der Waals surface area (Å²) < 4.78 is 43.6. The lowest BCUT2D eigenvalue weighted by atomic mass is 9.84. The van der Waals surface area contributed by atoms with Crippen molar-refractivity contribution in [3.63, 3.8) is 0 Å². The smallest absolute Gasteiger partial charge is 0.261 e. The van der Waals surface area contributed by atoms with Gasteiger partial charge in [-0.25, -0.2) is 17.8 Å². The minimum Gasteiger partial charge on any atom is -0.369 e. The van der Waals surface area contributed by atoms with Crippen LogP contribution in [-0.4, -0.2) is 52.1 Å². The Labute approximate surface area is 198 Å². The van der Waals surface area contributed by atoms with Gasteiger partial charge >= 0.3 is 0 Å². The Balaban J connectivity index is 1.54. The molecule has 176 valence electrons. The first-order valence-electron chi connectivity index (χ1n) is 10.7. The van der Waals surface area contributed by atoms with Crippen LogP contribution in [0.4, 0.5) is 10.2 Å². The Morgan fingerprint density at radius 2 is 1.97 bits per heavy atom. The van der Waals surface area contributed by atoms with Gasteiger partial charge in [-0.15, -0.1) is 0 Å². The van der Waals surface area contributed by atoms with Crippen LogP contribution in [0.2, 0.25) is 0 Å². The maximum absolute atomic E-state index is 13.5. The molecular weight excluding hydrogens is 461 g/mol. The number of hydrogen-bond acceptors (Lipinski definition) is 6. The van der Waals surface area contributed by atoms with Crippen molar-refractivity contribution in [1.29, 1.82) is 0 Å². The van der Waals surface area contributed by atoms with Crippen molar-refractivity contribution in [2.24, 2.45) is 7.05 Å². The van der Waals surface area contributed by atoms with Crippen LogP contribution in [0.3, 0.4) is 0 Å². The molecule has 3 aromatic rings. The summed E-state index contributed by atoms with van der Waals surface area (Å²) in [4.78, 5) is 4.44. The van der Waals surface area contributed by atoms with Crippen molar-refractivity contribution in [3.8, 4) is 0 Å². The first kappa shape index (κ1) is 23.7. The Kier molecular flexibility index (Phi) is 6.78. The molecule has 0 aliphatic carbocycles. The fourth-order valence-corrected chi connectivity index (χ4v) is 6.71. The minimum atomic E-state index is -3.79. The molecule has 1 saturated heterocycles. The third-order valence-electron chi connectivity index (χ3n) is 5.82. The third-order valence-corrected chi connectivity index (χ3v) is 8.66. The van der Waals surface area contributed by atoms with Crippen LogP contribution in [0.5, 0.6) is 0 Å². The number of thioether (sulfide) groups is 1. The second-order valence-corrected chi connectivity index (χ2v) is 11.7. The first-order valence-corrected chi connectivity index (χ1v) is 13.3. The van der Waals surface area contributed by atoms with Gasteiger partial charge in [-0.1, -0.05) is 32.0 Å². The molecule has 2 aromatic heterocycles. The molecule has 1 unspecified atom stereocenters. The van der Waals surface area contributed by atoms with Crippen LogP contribution < -0.4 is 5.32 Å². The predicted octanol–water partition coefficient (Wildman–Crippen LogP) is 3.82. The molecule has 4 rings (SSSR count). The summed E-state index contributed by atoms with van der Waals surface area (Å²) in [5.41, 5.74) is 1.55. The number of halogens is 1. The largest absolute Gasteiger partial charge is 0.369 e. The molecule has 3 heterocycles. The minimum absolute atomic E-state index is 0.0212. The molecule has 1 aliphatic rings. The van der Waals surface area contributed by atoms with Crippen molar-refractivity contribution in [2.45, 2.75) is 30.3 Å². The van der Waals surface area contributed by atoms with Crippen LogP contribution in [0, 0.1) is 5.82 Å². The van der Waals surface area contributed by atoms with Gasteiger partial charge in [0.2, 0.25) is 0 Å². The molecule has 1 aromatic carbocycles. The fourth-order valence-electron chi connectivity index (χ4n) is 3.84. The number of benzene rings is 1. The highest BCUT2D eigenvalue weighted by atomic mass is 32.2. The number of nitrogens with zero attached hydrogens (tertiary/aromatic N) is 4. The van der Waals surface area contributed by atoms with E-state index < -0.39 is 10.0 Å². The standard InChI is InChI=1S/C23H28FN5O2S2/c1-23(2,18-7-9-19(24)10-8-18)16-25-21-5-4-6-22(27-21)33(30,31)29-11-12-32-15-20(29)17-13-26-28(3)14-17/h4-10,13-14,20H,11-12,15-16H2,1-3H3,(H,25,27). The van der Waals surface area contributed by atoms with Crippen molar-refractivity contribution in [3.05, 3.63) is 71.8 Å². The van der Waals surface area contributed by atoms with Gasteiger partial charge in [-0.2, -0.15) is 21.2 Å². The predicted molar refractivity (Wildman–Crippen MR) is 129 cm³/mol. The Hall–Kier alpha value is -2.43. The highest BCUT2D eigenvalue weighted by Crippen LogP contribution is 2.34. The number of anilines is 1. The van der Waals surface area contributed by atoms with Gasteiger partial charge in [0.1, 0.15) is 11.6 Å². The second kappa shape index (κ2) is 9.44. The topological polar surface area (TPSA) is 80.1 Å². The lowest BCUT2D eigenvalue weighted by Gasteiger charge is -2.33. The van der Waals surface area contributed by atoms with Gasteiger partial charge in [0.05, 0.1) is 12.2 Å². The molecule has 0 saturated carbocycles. The van der Waals surface area contributed by atoms with E-state index in [9.17, 15) is 12.8 Å². The van der Waals surface area contributed by atoms with Crippen LogP contribution in [0.25, 0.3) is 0 Å². The lowest BCUT2D eigenvalue weighted by molar-refractivity contribution is 0.354. The van der Waals surface area contributed by atoms with E-state index >= 15 is 0 Å². The maximum atomic E-state index is 13.5. The molecule has 1 atom stereocenters. The van der Waals surface area contributed by atoms with Crippen LogP contribution in [0.15, 0.2) is 59.9 Å². The van der Waals surface area contributed by atoms with E-state index in [2.05, 4.69) is 15.4 Å². The normalized spacial score (nSPS) is 17.8. The molecule has 0 bridgehead atoms. The van der Waals surface area contributed by atoms with Crippen LogP contribution in [0.1, 0.15) is 31.0 Å². The van der Waals surface area contributed by atoms with E-state index in [0.29, 0.717) is 24.7 Å². The number of hydrogen-bond donors (Lipinski definition) is 1. The molecule has 0 radical (unpaired) electrons. The van der Waals surface area contributed by atoms with E-state index in [1.165, 1.54) is 22.5 Å². The van der Waals surface area contributed by atoms with Gasteiger partial charge in [-0.3, -0.25) is 4.68 Å². The zero-order valence-electron chi connectivity index (χ0n) is 18.9. The van der Waals surface area contributed by atoms with E-state index in [1.54, 1.807) is 46.9 Å². The van der Waals surface area contributed by atoms with Crippen LogP contribution in [-0.2, 0) is 22.5 Å². The highest BCUT2D eigenvalue weighted by molar-refractivity contribution is 7.99. The summed E-state index contributed by atoms with van der Waals surface area (Å²) in [6, 6.07) is 11.1. The zero-order valence-corrected chi connectivity index (χ0v) is 20.5. The van der Waals surface area contributed by atoms with Gasteiger partial charge in [-0.05, 0) is 29.8 Å². The summed E-state index contributed by atoms with van der Waals surface area (Å²) in [7, 11) is -1.97. The highest BCUT2D eigenvalue weighted by Gasteiger charge is 2.36. The van der Waals surface area contributed by atoms with Crippen LogP contribution >= 0.6 is 11.8 Å². The summed E-state index contributed by atoms with van der Waals surface area (Å²) in [6.07, 6.45) is 3.59. The average molecular weight is 490 g/mol. The molecule has 33 heavy (non-hydrogen) atoms. The van der Waals surface area contributed by atoms with Crippen molar-refractivity contribution in [2.75, 3.05) is 29.9 Å². The average Bonchev–Trinajstić information content (AvgIpc) is 3.24. The fraction of sp³-hybridized carbons (Fsp3) is 0.391. The number of aryl methyl sites for hydroxylation is 1. The van der Waals surface area contributed by atoms with Crippen molar-refractivity contribution < 1.29 is 12.8 Å². The maximum Gasteiger partial charge on any atom is 0.261 e. The molecule has 7 nitrogen and oxygen atoms in total. The summed E-state index contributed by atoms with van der Waals surface area (Å²) >= 11 is 1.74. The second-order valence-electron chi connectivity index (χ2n) is 8.76. The number of aromatic nitrogens is 3. The molecular formula is C23H28FN5O2S2. The quantitative estimate of drug-likeness (QED) is 0.544. The van der Waals surface area contributed by atoms with Gasteiger partial charge < -0.3 is 5.32 Å². The number of nitrogens with one attached hydrogen (secondary N) is 1. The van der Waals surface area contributed by atoms with Gasteiger partial charge in [0.25, 0.3) is 10.0 Å². The third kappa shape index (κ3) is 5.23. The number of rotatable bonds is 7. The Bertz CT molecular complexity index is 1210. The molecule has 10 heteroatoms. The zero-order chi connectivity index (χ0) is 23.6. The number of sulfonamides is 1. The molecule has 1 N–H and O–H groups in total. The van der Waals surface area contributed by atoms with E-state index in [-0.39, 0.29) is 22.3 Å². The van der Waals surface area contributed by atoms with Gasteiger partial charge in [0.15, 0.2) is 5.03 Å². The van der Waals surface area contributed by atoms with Crippen molar-refractivity contribution >= 4 is 27.6 Å².